The van der Waals surface area contributed by atoms with Gasteiger partial charge in [-0.3, -0.25) is 9.69 Å². The summed E-state index contributed by atoms with van der Waals surface area (Å²) in [6.45, 7) is 3.25. The molecule has 3 aliphatic heterocycles. The number of carbonyl (C=O) groups is 2. The van der Waals surface area contributed by atoms with Gasteiger partial charge in [0.15, 0.2) is 0 Å². The van der Waals surface area contributed by atoms with Gasteiger partial charge in [-0.2, -0.15) is 13.2 Å². The number of amides is 1. The molecule has 0 aromatic carbocycles. The molecule has 174 valence electrons. The van der Waals surface area contributed by atoms with Gasteiger partial charge in [0.25, 0.3) is 0 Å². The molecule has 3 atom stereocenters. The van der Waals surface area contributed by atoms with E-state index >= 15 is 0 Å². The quantitative estimate of drug-likeness (QED) is 0.729. The summed E-state index contributed by atoms with van der Waals surface area (Å²) in [5, 5.41) is 10.0. The second-order valence-corrected chi connectivity index (χ2v) is 7.78. The molecule has 4 heterocycles. The SMILES string of the molecule is O=C(NCc1ccco1)[C@H]1CC[C@@H]2[C@@H](CCN2C2CCOCC2)O1.O=C(O)C(F)(F)F. The Morgan fingerprint density at radius 3 is 2.48 bits per heavy atom. The Bertz CT molecular complexity index is 721. The molecular weight excluding hydrogens is 421 g/mol. The average molecular weight is 448 g/mol. The second-order valence-electron chi connectivity index (χ2n) is 7.78. The van der Waals surface area contributed by atoms with E-state index in [1.54, 1.807) is 6.26 Å². The first kappa shape index (κ1) is 23.6. The van der Waals surface area contributed by atoms with E-state index in [9.17, 15) is 18.0 Å². The van der Waals surface area contributed by atoms with Crippen LogP contribution in [0.2, 0.25) is 0 Å². The number of rotatable bonds is 4. The molecule has 31 heavy (non-hydrogen) atoms. The summed E-state index contributed by atoms with van der Waals surface area (Å²) in [4.78, 5) is 23.9. The minimum Gasteiger partial charge on any atom is -0.475 e. The molecule has 3 saturated heterocycles. The number of hydrogen-bond donors (Lipinski definition) is 2. The van der Waals surface area contributed by atoms with E-state index in [1.807, 2.05) is 12.1 Å². The Balaban J connectivity index is 0.000000339. The summed E-state index contributed by atoms with van der Waals surface area (Å²) in [5.41, 5.74) is 0. The maximum absolute atomic E-state index is 12.4. The van der Waals surface area contributed by atoms with Crippen LogP contribution in [0.5, 0.6) is 0 Å². The molecule has 0 saturated carbocycles. The van der Waals surface area contributed by atoms with Crippen LogP contribution >= 0.6 is 0 Å². The Morgan fingerprint density at radius 2 is 1.87 bits per heavy atom. The summed E-state index contributed by atoms with van der Waals surface area (Å²) in [6.07, 6.45) is 1.52. The fourth-order valence-corrected chi connectivity index (χ4v) is 4.32. The Hall–Kier alpha value is -2.11. The molecule has 0 bridgehead atoms. The number of halogens is 3. The van der Waals surface area contributed by atoms with Crippen LogP contribution in [0.25, 0.3) is 0 Å². The van der Waals surface area contributed by atoms with Crippen molar-refractivity contribution in [3.8, 4) is 0 Å². The zero-order valence-corrected chi connectivity index (χ0v) is 17.0. The minimum absolute atomic E-state index is 0.0191. The molecule has 4 rings (SSSR count). The van der Waals surface area contributed by atoms with Crippen LogP contribution in [0.15, 0.2) is 22.8 Å². The molecule has 1 aromatic heterocycles. The van der Waals surface area contributed by atoms with Gasteiger partial charge in [0.1, 0.15) is 11.9 Å². The number of aliphatic carboxylic acids is 1. The van der Waals surface area contributed by atoms with Crippen LogP contribution in [-0.2, 0) is 25.6 Å². The number of carboxylic acids is 1. The largest absolute Gasteiger partial charge is 0.490 e. The molecule has 1 amide bonds. The normalized spacial score (nSPS) is 27.1. The maximum atomic E-state index is 12.4. The number of nitrogens with zero attached hydrogens (tertiary/aromatic N) is 1. The van der Waals surface area contributed by atoms with E-state index in [1.165, 1.54) is 0 Å². The van der Waals surface area contributed by atoms with Crippen LogP contribution < -0.4 is 5.32 Å². The van der Waals surface area contributed by atoms with Crippen molar-refractivity contribution in [1.29, 1.82) is 0 Å². The molecule has 0 unspecified atom stereocenters. The van der Waals surface area contributed by atoms with Crippen LogP contribution in [0.4, 0.5) is 13.2 Å². The van der Waals surface area contributed by atoms with Gasteiger partial charge in [0, 0.05) is 31.8 Å². The highest BCUT2D eigenvalue weighted by Gasteiger charge is 2.44. The number of carboxylic acid groups (broad SMARTS) is 1. The lowest BCUT2D eigenvalue weighted by atomic mass is 9.96. The van der Waals surface area contributed by atoms with E-state index < -0.39 is 12.1 Å². The summed E-state index contributed by atoms with van der Waals surface area (Å²) >= 11 is 0. The highest BCUT2D eigenvalue weighted by molar-refractivity contribution is 5.80. The Labute approximate surface area is 177 Å². The Kier molecular flexibility index (Phi) is 7.95. The number of alkyl halides is 3. The standard InChI is InChI=1S/C18H26N2O4.C2HF3O2/c21-18(19-12-14-2-1-9-23-14)17-4-3-15-16(24-17)5-8-20(15)13-6-10-22-11-7-13;3-2(4,5)1(6)7/h1-2,9,13,15-17H,3-8,10-12H2,(H,19,21);(H,6,7)/t15-,16-,17-;/m1./s1. The van der Waals surface area contributed by atoms with Crippen molar-refractivity contribution < 1.29 is 41.8 Å². The smallest absolute Gasteiger partial charge is 0.475 e. The fraction of sp³-hybridized carbons (Fsp3) is 0.700. The number of fused-ring (bicyclic) bond motifs is 1. The van der Waals surface area contributed by atoms with Crippen molar-refractivity contribution in [3.05, 3.63) is 24.2 Å². The summed E-state index contributed by atoms with van der Waals surface area (Å²) < 4.78 is 48.6. The molecule has 0 spiro atoms. The van der Waals surface area contributed by atoms with E-state index in [2.05, 4.69) is 10.2 Å². The van der Waals surface area contributed by atoms with Gasteiger partial charge in [-0.15, -0.1) is 0 Å². The molecule has 0 aliphatic carbocycles. The van der Waals surface area contributed by atoms with Crippen molar-refractivity contribution >= 4 is 11.9 Å². The van der Waals surface area contributed by atoms with Gasteiger partial charge in [-0.25, -0.2) is 4.79 Å². The number of hydrogen-bond acceptors (Lipinski definition) is 6. The first-order valence-electron chi connectivity index (χ1n) is 10.3. The molecule has 1 aromatic rings. The summed E-state index contributed by atoms with van der Waals surface area (Å²) in [6, 6.07) is 4.79. The van der Waals surface area contributed by atoms with Crippen LogP contribution in [-0.4, -0.2) is 72.1 Å². The third-order valence-corrected chi connectivity index (χ3v) is 5.80. The van der Waals surface area contributed by atoms with E-state index in [0.717, 1.165) is 57.6 Å². The van der Waals surface area contributed by atoms with E-state index in [0.29, 0.717) is 18.6 Å². The van der Waals surface area contributed by atoms with E-state index in [4.69, 9.17) is 23.8 Å². The van der Waals surface area contributed by atoms with Gasteiger partial charge in [-0.05, 0) is 44.2 Å². The molecule has 3 aliphatic rings. The first-order chi connectivity index (χ1) is 14.8. The lowest BCUT2D eigenvalue weighted by molar-refractivity contribution is -0.192. The fourth-order valence-electron chi connectivity index (χ4n) is 4.32. The number of nitrogens with one attached hydrogen (secondary N) is 1. The van der Waals surface area contributed by atoms with Gasteiger partial charge >= 0.3 is 12.1 Å². The van der Waals surface area contributed by atoms with Gasteiger partial charge in [0.2, 0.25) is 5.91 Å². The van der Waals surface area contributed by atoms with Gasteiger partial charge < -0.3 is 24.3 Å². The summed E-state index contributed by atoms with van der Waals surface area (Å²) in [7, 11) is 0. The molecule has 2 N–H and O–H groups in total. The zero-order valence-electron chi connectivity index (χ0n) is 17.0. The first-order valence-corrected chi connectivity index (χ1v) is 10.3. The molecule has 0 radical (unpaired) electrons. The molecule has 3 fully saturated rings. The number of furan rings is 1. The third-order valence-electron chi connectivity index (χ3n) is 5.80. The zero-order chi connectivity index (χ0) is 22.4. The topological polar surface area (TPSA) is 101 Å². The molecular formula is C20H27F3N2O6. The van der Waals surface area contributed by atoms with Crippen LogP contribution in [0.3, 0.4) is 0 Å². The average Bonchev–Trinajstić information content (AvgIpc) is 3.41. The number of carbonyl (C=O) groups excluding carboxylic acids is 1. The highest BCUT2D eigenvalue weighted by Crippen LogP contribution is 2.34. The third kappa shape index (κ3) is 6.44. The van der Waals surface area contributed by atoms with Crippen molar-refractivity contribution in [1.82, 2.24) is 10.2 Å². The lowest BCUT2D eigenvalue weighted by Gasteiger charge is -2.40. The molecule has 11 heteroatoms. The van der Waals surface area contributed by atoms with Crippen LogP contribution in [0, 0.1) is 0 Å². The van der Waals surface area contributed by atoms with E-state index in [-0.39, 0.29) is 18.1 Å². The summed E-state index contributed by atoms with van der Waals surface area (Å²) in [5.74, 6) is -2.01. The number of ether oxygens (including phenoxy) is 2. The number of likely N-dealkylation sites (tertiary alicyclic amines) is 1. The van der Waals surface area contributed by atoms with Gasteiger partial charge in [0.05, 0.1) is 18.9 Å². The van der Waals surface area contributed by atoms with Crippen molar-refractivity contribution in [2.24, 2.45) is 0 Å². The van der Waals surface area contributed by atoms with Crippen LogP contribution in [0.1, 0.15) is 37.9 Å². The lowest BCUT2D eigenvalue weighted by Crippen LogP contribution is -2.50. The predicted octanol–water partition coefficient (Wildman–Crippen LogP) is 2.33. The van der Waals surface area contributed by atoms with Crippen molar-refractivity contribution in [2.45, 2.75) is 69.1 Å². The second kappa shape index (κ2) is 10.5. The van der Waals surface area contributed by atoms with Gasteiger partial charge in [-0.1, -0.05) is 0 Å². The monoisotopic (exact) mass is 448 g/mol. The highest BCUT2D eigenvalue weighted by atomic mass is 19.4. The van der Waals surface area contributed by atoms with Crippen molar-refractivity contribution in [2.75, 3.05) is 19.8 Å². The Morgan fingerprint density at radius 1 is 1.16 bits per heavy atom. The predicted molar refractivity (Wildman–Crippen MR) is 101 cm³/mol. The van der Waals surface area contributed by atoms with Crippen molar-refractivity contribution in [3.63, 3.8) is 0 Å². The maximum Gasteiger partial charge on any atom is 0.490 e. The molecule has 8 nitrogen and oxygen atoms in total. The minimum atomic E-state index is -5.08.